The first kappa shape index (κ1) is 22.4. The predicted molar refractivity (Wildman–Crippen MR) is 116 cm³/mol. The second-order valence-electron chi connectivity index (χ2n) is 6.79. The summed E-state index contributed by atoms with van der Waals surface area (Å²) in [7, 11) is 1.39. The van der Waals surface area contributed by atoms with Crippen molar-refractivity contribution in [2.24, 2.45) is 0 Å². The van der Waals surface area contributed by atoms with Crippen LogP contribution < -0.4 is 10.1 Å². The molecule has 0 unspecified atom stereocenters. The van der Waals surface area contributed by atoms with E-state index in [0.717, 1.165) is 16.7 Å². The standard InChI is InChI=1S/C23H23ClN2O5/c1-3-30-21(27)13-19(26-22(28)20-14-25-23(29-2)31-20)11-15-7-9-16(10-8-15)17-5-4-6-18(24)12-17/h4-10,12,14,19H,3,11,13H2,1-2H3,(H,26,28)/t19-/m1/s1. The molecule has 3 rings (SSSR count). The van der Waals surface area contributed by atoms with Gasteiger partial charge in [0.2, 0.25) is 5.76 Å². The maximum atomic E-state index is 12.5. The third-order valence-corrected chi connectivity index (χ3v) is 4.77. The molecule has 1 aromatic heterocycles. The van der Waals surface area contributed by atoms with Gasteiger partial charge in [0.15, 0.2) is 0 Å². The Morgan fingerprint density at radius 1 is 1.16 bits per heavy atom. The van der Waals surface area contributed by atoms with Crippen molar-refractivity contribution in [1.82, 2.24) is 10.3 Å². The Labute approximate surface area is 185 Å². The number of carbonyl (C=O) groups excluding carboxylic acids is 2. The van der Waals surface area contributed by atoms with Crippen molar-refractivity contribution in [3.63, 3.8) is 0 Å². The fourth-order valence-electron chi connectivity index (χ4n) is 3.10. The largest absolute Gasteiger partial charge is 0.466 e. The van der Waals surface area contributed by atoms with E-state index in [4.69, 9.17) is 25.5 Å². The van der Waals surface area contributed by atoms with Crippen molar-refractivity contribution >= 4 is 23.5 Å². The fraction of sp³-hybridized carbons (Fsp3) is 0.261. The van der Waals surface area contributed by atoms with E-state index >= 15 is 0 Å². The van der Waals surface area contributed by atoms with Gasteiger partial charge in [-0.3, -0.25) is 9.59 Å². The molecule has 0 aliphatic heterocycles. The molecule has 7 nitrogen and oxygen atoms in total. The van der Waals surface area contributed by atoms with E-state index in [1.165, 1.54) is 13.3 Å². The molecule has 2 aromatic carbocycles. The highest BCUT2D eigenvalue weighted by Gasteiger charge is 2.21. The van der Waals surface area contributed by atoms with Gasteiger partial charge >= 0.3 is 12.0 Å². The zero-order valence-corrected chi connectivity index (χ0v) is 18.0. The monoisotopic (exact) mass is 442 g/mol. The van der Waals surface area contributed by atoms with E-state index < -0.39 is 17.9 Å². The molecule has 3 aromatic rings. The summed E-state index contributed by atoms with van der Waals surface area (Å²) < 4.78 is 15.1. The topological polar surface area (TPSA) is 90.7 Å². The number of nitrogens with zero attached hydrogens (tertiary/aromatic N) is 1. The lowest BCUT2D eigenvalue weighted by atomic mass is 9.99. The SMILES string of the molecule is CCOC(=O)C[C@@H](Cc1ccc(-c2cccc(Cl)c2)cc1)NC(=O)c1cnc(OC)o1. The summed E-state index contributed by atoms with van der Waals surface area (Å²) in [5.74, 6) is -0.874. The maximum Gasteiger partial charge on any atom is 0.393 e. The number of oxazole rings is 1. The van der Waals surface area contributed by atoms with E-state index in [0.29, 0.717) is 11.4 Å². The van der Waals surface area contributed by atoms with Gasteiger partial charge in [0.1, 0.15) is 0 Å². The molecule has 0 saturated carbocycles. The number of hydrogen-bond donors (Lipinski definition) is 1. The highest BCUT2D eigenvalue weighted by atomic mass is 35.5. The molecule has 0 spiro atoms. The van der Waals surface area contributed by atoms with Gasteiger partial charge in [0, 0.05) is 11.1 Å². The van der Waals surface area contributed by atoms with Gasteiger partial charge in [-0.2, -0.15) is 4.98 Å². The zero-order valence-electron chi connectivity index (χ0n) is 17.3. The number of benzene rings is 2. The van der Waals surface area contributed by atoms with Gasteiger partial charge in [-0.15, -0.1) is 0 Å². The molecular weight excluding hydrogens is 420 g/mol. The van der Waals surface area contributed by atoms with E-state index in [-0.39, 0.29) is 24.9 Å². The number of nitrogens with one attached hydrogen (secondary N) is 1. The molecule has 0 bridgehead atoms. The molecule has 31 heavy (non-hydrogen) atoms. The Morgan fingerprint density at radius 2 is 1.94 bits per heavy atom. The molecule has 1 atom stereocenters. The fourth-order valence-corrected chi connectivity index (χ4v) is 3.29. The highest BCUT2D eigenvalue weighted by Crippen LogP contribution is 2.23. The van der Waals surface area contributed by atoms with Gasteiger partial charge < -0.3 is 19.2 Å². The minimum Gasteiger partial charge on any atom is -0.466 e. The van der Waals surface area contributed by atoms with E-state index in [2.05, 4.69) is 10.3 Å². The van der Waals surface area contributed by atoms with Gasteiger partial charge in [-0.25, -0.2) is 0 Å². The van der Waals surface area contributed by atoms with Crippen LogP contribution in [0.3, 0.4) is 0 Å². The molecule has 1 amide bonds. The van der Waals surface area contributed by atoms with Gasteiger partial charge in [0.05, 0.1) is 26.3 Å². The number of esters is 1. The van der Waals surface area contributed by atoms with Crippen molar-refractivity contribution in [3.8, 4) is 17.2 Å². The molecule has 1 heterocycles. The lowest BCUT2D eigenvalue weighted by Crippen LogP contribution is -2.38. The zero-order chi connectivity index (χ0) is 22.2. The smallest absolute Gasteiger partial charge is 0.393 e. The van der Waals surface area contributed by atoms with Crippen molar-refractivity contribution in [2.45, 2.75) is 25.8 Å². The number of hydrogen-bond acceptors (Lipinski definition) is 6. The first-order valence-electron chi connectivity index (χ1n) is 9.79. The number of halogens is 1. The first-order valence-corrected chi connectivity index (χ1v) is 10.2. The Hall–Kier alpha value is -3.32. The van der Waals surface area contributed by atoms with E-state index in [1.807, 2.05) is 48.5 Å². The second kappa shape index (κ2) is 10.6. The van der Waals surface area contributed by atoms with Crippen molar-refractivity contribution in [2.75, 3.05) is 13.7 Å². The summed E-state index contributed by atoms with van der Waals surface area (Å²) in [6, 6.07) is 15.0. The van der Waals surface area contributed by atoms with Crippen molar-refractivity contribution in [1.29, 1.82) is 0 Å². The summed E-state index contributed by atoms with van der Waals surface area (Å²) >= 11 is 6.07. The van der Waals surface area contributed by atoms with Crippen molar-refractivity contribution < 1.29 is 23.5 Å². The third kappa shape index (κ3) is 6.33. The average Bonchev–Trinajstić information content (AvgIpc) is 3.24. The summed E-state index contributed by atoms with van der Waals surface area (Å²) in [5.41, 5.74) is 2.98. The maximum absolute atomic E-state index is 12.5. The van der Waals surface area contributed by atoms with Crippen LogP contribution >= 0.6 is 11.6 Å². The van der Waals surface area contributed by atoms with Gasteiger partial charge in [0.25, 0.3) is 5.91 Å². The summed E-state index contributed by atoms with van der Waals surface area (Å²) in [5, 5.41) is 3.49. The molecular formula is C23H23ClN2O5. The van der Waals surface area contributed by atoms with Gasteiger partial charge in [-0.05, 0) is 42.2 Å². The van der Waals surface area contributed by atoms with Crippen molar-refractivity contribution in [3.05, 3.63) is 71.1 Å². The Balaban J connectivity index is 1.72. The lowest BCUT2D eigenvalue weighted by Gasteiger charge is -2.18. The Morgan fingerprint density at radius 3 is 2.58 bits per heavy atom. The molecule has 0 aliphatic carbocycles. The lowest BCUT2D eigenvalue weighted by molar-refractivity contribution is -0.143. The number of amides is 1. The highest BCUT2D eigenvalue weighted by molar-refractivity contribution is 6.30. The molecule has 162 valence electrons. The van der Waals surface area contributed by atoms with Crippen LogP contribution in [0.25, 0.3) is 11.1 Å². The molecule has 1 N–H and O–H groups in total. The minimum atomic E-state index is -0.486. The van der Waals surface area contributed by atoms with Crippen LogP contribution in [-0.2, 0) is 16.0 Å². The first-order chi connectivity index (χ1) is 15.0. The summed E-state index contributed by atoms with van der Waals surface area (Å²) in [6.45, 7) is 2.01. The van der Waals surface area contributed by atoms with Gasteiger partial charge in [-0.1, -0.05) is 48.0 Å². The predicted octanol–water partition coefficient (Wildman–Crippen LogP) is 4.30. The minimum absolute atomic E-state index is 0.00186. The van der Waals surface area contributed by atoms with Crippen LogP contribution in [0.5, 0.6) is 6.08 Å². The summed E-state index contributed by atoms with van der Waals surface area (Å²) in [4.78, 5) is 28.4. The third-order valence-electron chi connectivity index (χ3n) is 4.53. The number of ether oxygens (including phenoxy) is 2. The summed E-state index contributed by atoms with van der Waals surface area (Å²) in [6.07, 6.45) is 1.73. The second-order valence-corrected chi connectivity index (χ2v) is 7.22. The molecule has 0 radical (unpaired) electrons. The van der Waals surface area contributed by atoms with E-state index in [9.17, 15) is 9.59 Å². The van der Waals surface area contributed by atoms with Crippen LogP contribution in [0.2, 0.25) is 5.02 Å². The van der Waals surface area contributed by atoms with E-state index in [1.54, 1.807) is 6.92 Å². The van der Waals surface area contributed by atoms with Crippen LogP contribution in [0, 0.1) is 0 Å². The number of methoxy groups -OCH3 is 1. The average molecular weight is 443 g/mol. The quantitative estimate of drug-likeness (QED) is 0.497. The molecule has 0 fully saturated rings. The van der Waals surface area contributed by atoms with Crippen LogP contribution in [0.15, 0.2) is 59.1 Å². The van der Waals surface area contributed by atoms with Crippen LogP contribution in [-0.4, -0.2) is 36.6 Å². The molecule has 0 saturated heterocycles. The number of rotatable bonds is 9. The number of aromatic nitrogens is 1. The molecule has 8 heteroatoms. The number of carbonyl (C=O) groups is 2. The Kier molecular flexibility index (Phi) is 7.67. The van der Waals surface area contributed by atoms with Crippen LogP contribution in [0.4, 0.5) is 0 Å². The Bertz CT molecular complexity index is 1030. The van der Waals surface area contributed by atoms with Crippen LogP contribution in [0.1, 0.15) is 29.5 Å². The molecule has 0 aliphatic rings. The normalized spacial score (nSPS) is 11.6.